The van der Waals surface area contributed by atoms with Gasteiger partial charge < -0.3 is 16.2 Å². The van der Waals surface area contributed by atoms with Gasteiger partial charge in [-0.2, -0.15) is 0 Å². The molecule has 1 atom stereocenters. The molecule has 2 aromatic rings. The van der Waals surface area contributed by atoms with E-state index in [1.54, 1.807) is 12.4 Å². The molecular weight excluding hydrogens is 226 g/mol. The van der Waals surface area contributed by atoms with Crippen molar-refractivity contribution in [2.45, 2.75) is 19.9 Å². The predicted molar refractivity (Wildman–Crippen MR) is 75.5 cm³/mol. The van der Waals surface area contributed by atoms with Crippen molar-refractivity contribution in [2.75, 3.05) is 17.7 Å². The van der Waals surface area contributed by atoms with Gasteiger partial charge in [-0.15, -0.1) is 0 Å². The number of anilines is 2. The Morgan fingerprint density at radius 3 is 2.72 bits per heavy atom. The molecule has 18 heavy (non-hydrogen) atoms. The van der Waals surface area contributed by atoms with E-state index >= 15 is 0 Å². The van der Waals surface area contributed by atoms with Crippen LogP contribution in [0.25, 0.3) is 10.8 Å². The molecule has 96 valence electrons. The van der Waals surface area contributed by atoms with E-state index in [9.17, 15) is 5.11 Å². The van der Waals surface area contributed by atoms with Gasteiger partial charge in [-0.1, -0.05) is 13.8 Å². The van der Waals surface area contributed by atoms with E-state index in [2.05, 4.69) is 24.1 Å². The fourth-order valence-corrected chi connectivity index (χ4v) is 1.96. The Morgan fingerprint density at radius 1 is 1.28 bits per heavy atom. The average Bonchev–Trinajstić information content (AvgIpc) is 2.38. The number of fused-ring (bicyclic) bond motifs is 1. The summed E-state index contributed by atoms with van der Waals surface area (Å²) in [7, 11) is 0. The number of benzene rings is 1. The van der Waals surface area contributed by atoms with Crippen LogP contribution < -0.4 is 11.1 Å². The molecule has 0 saturated heterocycles. The smallest absolute Gasteiger partial charge is 0.0635 e. The fraction of sp³-hybridized carbons (Fsp3) is 0.357. The fourth-order valence-electron chi connectivity index (χ4n) is 1.96. The highest BCUT2D eigenvalue weighted by Gasteiger charge is 2.13. The van der Waals surface area contributed by atoms with Crippen molar-refractivity contribution in [3.8, 4) is 0 Å². The third-order valence-electron chi connectivity index (χ3n) is 3.19. The highest BCUT2D eigenvalue weighted by Crippen LogP contribution is 2.28. The Balaban J connectivity index is 2.42. The van der Waals surface area contributed by atoms with Crippen LogP contribution in [0.1, 0.15) is 13.8 Å². The van der Waals surface area contributed by atoms with E-state index in [1.165, 1.54) is 0 Å². The van der Waals surface area contributed by atoms with E-state index in [0.29, 0.717) is 5.92 Å². The maximum absolute atomic E-state index is 9.38. The third-order valence-corrected chi connectivity index (χ3v) is 3.19. The lowest BCUT2D eigenvalue weighted by molar-refractivity contribution is 0.249. The second-order valence-corrected chi connectivity index (χ2v) is 4.80. The number of hydrogen-bond acceptors (Lipinski definition) is 4. The molecule has 4 nitrogen and oxygen atoms in total. The summed E-state index contributed by atoms with van der Waals surface area (Å²) < 4.78 is 0. The molecule has 0 aliphatic carbocycles. The topological polar surface area (TPSA) is 71.2 Å². The zero-order valence-corrected chi connectivity index (χ0v) is 10.7. The Bertz CT molecular complexity index is 540. The van der Waals surface area contributed by atoms with E-state index in [4.69, 9.17) is 5.73 Å². The van der Waals surface area contributed by atoms with Gasteiger partial charge in [-0.05, 0) is 24.1 Å². The summed E-state index contributed by atoms with van der Waals surface area (Å²) in [5, 5.41) is 14.7. The zero-order valence-electron chi connectivity index (χ0n) is 10.7. The minimum Gasteiger partial charge on any atom is -0.398 e. The van der Waals surface area contributed by atoms with Gasteiger partial charge in [-0.25, -0.2) is 0 Å². The van der Waals surface area contributed by atoms with Crippen LogP contribution in [0.3, 0.4) is 0 Å². The normalized spacial score (nSPS) is 12.9. The SMILES string of the molecule is CC(C)C(CO)Nc1ccc(N)c2ccncc12. The standard InChI is InChI=1S/C14H19N3O/c1-9(2)14(8-18)17-13-4-3-12(15)10-5-6-16-7-11(10)13/h3-7,9,14,17-18H,8,15H2,1-2H3. The lowest BCUT2D eigenvalue weighted by Gasteiger charge is -2.22. The van der Waals surface area contributed by atoms with Crippen LogP contribution in [0, 0.1) is 5.92 Å². The maximum Gasteiger partial charge on any atom is 0.0635 e. The summed E-state index contributed by atoms with van der Waals surface area (Å²) >= 11 is 0. The first-order valence-corrected chi connectivity index (χ1v) is 6.13. The first-order valence-electron chi connectivity index (χ1n) is 6.13. The molecule has 1 unspecified atom stereocenters. The quantitative estimate of drug-likeness (QED) is 0.722. The van der Waals surface area contributed by atoms with Crippen LogP contribution in [0.5, 0.6) is 0 Å². The highest BCUT2D eigenvalue weighted by atomic mass is 16.3. The Kier molecular flexibility index (Phi) is 3.67. The molecule has 0 radical (unpaired) electrons. The van der Waals surface area contributed by atoms with Crippen molar-refractivity contribution in [3.05, 3.63) is 30.6 Å². The van der Waals surface area contributed by atoms with Crippen LogP contribution in [0.15, 0.2) is 30.6 Å². The molecular formula is C14H19N3O. The van der Waals surface area contributed by atoms with Crippen molar-refractivity contribution in [1.29, 1.82) is 0 Å². The number of aliphatic hydroxyl groups excluding tert-OH is 1. The van der Waals surface area contributed by atoms with E-state index in [-0.39, 0.29) is 12.6 Å². The number of pyridine rings is 1. The van der Waals surface area contributed by atoms with Crippen molar-refractivity contribution in [3.63, 3.8) is 0 Å². The van der Waals surface area contributed by atoms with E-state index in [0.717, 1.165) is 22.1 Å². The molecule has 0 saturated carbocycles. The Morgan fingerprint density at radius 2 is 2.06 bits per heavy atom. The van der Waals surface area contributed by atoms with Gasteiger partial charge in [0.25, 0.3) is 0 Å². The van der Waals surface area contributed by atoms with Crippen molar-refractivity contribution in [2.24, 2.45) is 5.92 Å². The van der Waals surface area contributed by atoms with Crippen molar-refractivity contribution >= 4 is 22.1 Å². The van der Waals surface area contributed by atoms with Gasteiger partial charge in [0, 0.05) is 34.5 Å². The summed E-state index contributed by atoms with van der Waals surface area (Å²) in [4.78, 5) is 4.13. The molecule has 1 heterocycles. The van der Waals surface area contributed by atoms with Gasteiger partial charge in [0.1, 0.15) is 0 Å². The van der Waals surface area contributed by atoms with Crippen LogP contribution in [0.2, 0.25) is 0 Å². The number of nitrogens with zero attached hydrogens (tertiary/aromatic N) is 1. The number of nitrogens with one attached hydrogen (secondary N) is 1. The van der Waals surface area contributed by atoms with Crippen LogP contribution in [-0.2, 0) is 0 Å². The first kappa shape index (κ1) is 12.6. The Labute approximate surface area is 107 Å². The Hall–Kier alpha value is -1.81. The molecule has 1 aromatic carbocycles. The molecule has 0 fully saturated rings. The van der Waals surface area contributed by atoms with Gasteiger partial charge in [-0.3, -0.25) is 4.98 Å². The first-order chi connectivity index (χ1) is 8.63. The second-order valence-electron chi connectivity index (χ2n) is 4.80. The van der Waals surface area contributed by atoms with Gasteiger partial charge >= 0.3 is 0 Å². The molecule has 2 rings (SSSR count). The minimum absolute atomic E-state index is 0.0250. The molecule has 0 amide bonds. The third kappa shape index (κ3) is 2.38. The summed E-state index contributed by atoms with van der Waals surface area (Å²) in [5.41, 5.74) is 7.64. The van der Waals surface area contributed by atoms with Crippen molar-refractivity contribution < 1.29 is 5.11 Å². The summed E-state index contributed by atoms with van der Waals surface area (Å²) in [6, 6.07) is 5.74. The minimum atomic E-state index is 0.0250. The van der Waals surface area contributed by atoms with E-state index in [1.807, 2.05) is 18.2 Å². The summed E-state index contributed by atoms with van der Waals surface area (Å²) in [6.45, 7) is 4.25. The second kappa shape index (κ2) is 5.23. The van der Waals surface area contributed by atoms with Gasteiger partial charge in [0.05, 0.1) is 12.6 Å². The number of nitrogen functional groups attached to an aromatic ring is 1. The van der Waals surface area contributed by atoms with Crippen LogP contribution in [0.4, 0.5) is 11.4 Å². The maximum atomic E-state index is 9.38. The van der Waals surface area contributed by atoms with Gasteiger partial charge in [0.2, 0.25) is 0 Å². The van der Waals surface area contributed by atoms with E-state index < -0.39 is 0 Å². The largest absolute Gasteiger partial charge is 0.398 e. The average molecular weight is 245 g/mol. The molecule has 0 aliphatic rings. The molecule has 0 spiro atoms. The highest BCUT2D eigenvalue weighted by molar-refractivity contribution is 6.00. The number of rotatable bonds is 4. The van der Waals surface area contributed by atoms with Crippen molar-refractivity contribution in [1.82, 2.24) is 4.98 Å². The molecule has 0 aliphatic heterocycles. The number of nitrogens with two attached hydrogens (primary N) is 1. The number of aliphatic hydroxyl groups is 1. The number of aromatic nitrogens is 1. The molecule has 4 heteroatoms. The molecule has 0 bridgehead atoms. The van der Waals surface area contributed by atoms with Crippen LogP contribution in [-0.4, -0.2) is 22.7 Å². The van der Waals surface area contributed by atoms with Crippen LogP contribution >= 0.6 is 0 Å². The van der Waals surface area contributed by atoms with Gasteiger partial charge in [0.15, 0.2) is 0 Å². The zero-order chi connectivity index (χ0) is 13.1. The molecule has 4 N–H and O–H groups in total. The lowest BCUT2D eigenvalue weighted by Crippen LogP contribution is -2.29. The lowest BCUT2D eigenvalue weighted by atomic mass is 10.0. The summed E-state index contributed by atoms with van der Waals surface area (Å²) in [5.74, 6) is 0.347. The monoisotopic (exact) mass is 245 g/mol. The number of hydrogen-bond donors (Lipinski definition) is 3. The predicted octanol–water partition coefficient (Wildman–Crippen LogP) is 2.25. The summed E-state index contributed by atoms with van der Waals surface area (Å²) in [6.07, 6.45) is 3.53. The molecule has 1 aromatic heterocycles.